The molecule has 0 amide bonds. The van der Waals surface area contributed by atoms with Crippen LogP contribution in [0.25, 0.3) is 0 Å². The molecule has 3 nitrogen and oxygen atoms in total. The van der Waals surface area contributed by atoms with Crippen LogP contribution >= 0.6 is 23.2 Å². The van der Waals surface area contributed by atoms with Crippen LogP contribution in [0.2, 0.25) is 10.3 Å². The van der Waals surface area contributed by atoms with Crippen LogP contribution in [0.3, 0.4) is 0 Å². The minimum atomic E-state index is -0.0688. The third-order valence-electron chi connectivity index (χ3n) is 2.98. The highest BCUT2D eigenvalue weighted by Crippen LogP contribution is 2.42. The first-order chi connectivity index (χ1) is 8.17. The fraction of sp³-hybridized carbons (Fsp3) is 0.667. The Labute approximate surface area is 112 Å². The van der Waals surface area contributed by atoms with Gasteiger partial charge in [-0.15, -0.1) is 0 Å². The molecule has 0 N–H and O–H groups in total. The number of hydrogen-bond acceptors (Lipinski definition) is 3. The topological polar surface area (TPSA) is 35.0 Å². The Bertz CT molecular complexity index is 384. The Morgan fingerprint density at radius 3 is 2.29 bits per heavy atom. The van der Waals surface area contributed by atoms with E-state index < -0.39 is 0 Å². The molecular formula is C12H16Cl2N2O. The average molecular weight is 275 g/mol. The molecule has 94 valence electrons. The van der Waals surface area contributed by atoms with Crippen LogP contribution < -0.4 is 0 Å². The zero-order valence-corrected chi connectivity index (χ0v) is 11.6. The molecule has 1 aliphatic carbocycles. The summed E-state index contributed by atoms with van der Waals surface area (Å²) in [4.78, 5) is 8.66. The first-order valence-corrected chi connectivity index (χ1v) is 6.67. The number of hydrogen-bond donors (Lipinski definition) is 0. The van der Waals surface area contributed by atoms with E-state index >= 15 is 0 Å². The second kappa shape index (κ2) is 5.51. The predicted octanol–water partition coefficient (Wildman–Crippen LogP) is 3.83. The van der Waals surface area contributed by atoms with Gasteiger partial charge in [0, 0.05) is 12.7 Å². The maximum atomic E-state index is 6.15. The number of halogens is 2. The first kappa shape index (κ1) is 13.1. The van der Waals surface area contributed by atoms with Crippen molar-refractivity contribution in [1.82, 2.24) is 9.97 Å². The molecule has 1 heterocycles. The molecule has 0 saturated heterocycles. The highest BCUT2D eigenvalue weighted by atomic mass is 35.5. The van der Waals surface area contributed by atoms with Gasteiger partial charge < -0.3 is 4.74 Å². The van der Waals surface area contributed by atoms with E-state index in [1.807, 2.05) is 0 Å². The number of methoxy groups -OCH3 is 1. The zero-order chi connectivity index (χ0) is 12.4. The van der Waals surface area contributed by atoms with Crippen molar-refractivity contribution in [3.8, 4) is 0 Å². The van der Waals surface area contributed by atoms with Gasteiger partial charge in [-0.3, -0.25) is 0 Å². The smallest absolute Gasteiger partial charge is 0.160 e. The molecule has 0 aromatic carbocycles. The third kappa shape index (κ3) is 2.90. The normalized spacial score (nSPS) is 17.2. The standard InChI is InChI=1S/C12H16Cl2N2O/c1-3-4-8-10(13)15-12(16-11(8)14)9(17-2)7-5-6-7/h7,9H,3-6H2,1-2H3. The summed E-state index contributed by atoms with van der Waals surface area (Å²) in [5.74, 6) is 1.13. The molecule has 0 bridgehead atoms. The number of rotatable bonds is 5. The molecule has 1 aromatic heterocycles. The molecule has 1 fully saturated rings. The quantitative estimate of drug-likeness (QED) is 0.766. The van der Waals surface area contributed by atoms with Crippen LogP contribution in [-0.4, -0.2) is 17.1 Å². The molecule has 1 unspecified atom stereocenters. The van der Waals surface area contributed by atoms with Gasteiger partial charge in [-0.25, -0.2) is 9.97 Å². The van der Waals surface area contributed by atoms with E-state index in [4.69, 9.17) is 27.9 Å². The lowest BCUT2D eigenvalue weighted by Crippen LogP contribution is -2.10. The van der Waals surface area contributed by atoms with Crippen LogP contribution in [0.15, 0.2) is 0 Å². The number of aromatic nitrogens is 2. The van der Waals surface area contributed by atoms with E-state index in [1.165, 1.54) is 0 Å². The van der Waals surface area contributed by atoms with Crippen molar-refractivity contribution in [2.45, 2.75) is 38.7 Å². The Morgan fingerprint density at radius 2 is 1.88 bits per heavy atom. The van der Waals surface area contributed by atoms with E-state index in [0.717, 1.165) is 31.2 Å². The monoisotopic (exact) mass is 274 g/mol. The molecule has 1 aromatic rings. The van der Waals surface area contributed by atoms with E-state index in [-0.39, 0.29) is 6.10 Å². The van der Waals surface area contributed by atoms with E-state index in [0.29, 0.717) is 22.0 Å². The Balaban J connectivity index is 2.30. The summed E-state index contributed by atoms with van der Waals surface area (Å²) in [6, 6.07) is 0. The van der Waals surface area contributed by atoms with Gasteiger partial charge in [-0.2, -0.15) is 0 Å². The van der Waals surface area contributed by atoms with Crippen LogP contribution in [0.5, 0.6) is 0 Å². The van der Waals surface area contributed by atoms with Gasteiger partial charge in [0.2, 0.25) is 0 Å². The summed E-state index contributed by atoms with van der Waals surface area (Å²) < 4.78 is 5.43. The Hall–Kier alpha value is -0.380. The summed E-state index contributed by atoms with van der Waals surface area (Å²) in [6.07, 6.45) is 4.03. The first-order valence-electron chi connectivity index (χ1n) is 5.92. The van der Waals surface area contributed by atoms with Gasteiger partial charge in [-0.05, 0) is 25.2 Å². The minimum absolute atomic E-state index is 0.0688. The maximum absolute atomic E-state index is 6.15. The summed E-state index contributed by atoms with van der Waals surface area (Å²) in [6.45, 7) is 2.07. The fourth-order valence-corrected chi connectivity index (χ4v) is 2.53. The second-order valence-electron chi connectivity index (χ2n) is 4.39. The largest absolute Gasteiger partial charge is 0.373 e. The van der Waals surface area contributed by atoms with Crippen molar-refractivity contribution in [2.24, 2.45) is 5.92 Å². The van der Waals surface area contributed by atoms with Crippen molar-refractivity contribution in [3.05, 3.63) is 21.7 Å². The molecule has 1 atom stereocenters. The predicted molar refractivity (Wildman–Crippen MR) is 68.5 cm³/mol. The maximum Gasteiger partial charge on any atom is 0.160 e. The molecule has 0 spiro atoms. The Kier molecular flexibility index (Phi) is 4.23. The van der Waals surface area contributed by atoms with Crippen molar-refractivity contribution in [3.63, 3.8) is 0 Å². The molecule has 17 heavy (non-hydrogen) atoms. The highest BCUT2D eigenvalue weighted by Gasteiger charge is 2.35. The van der Waals surface area contributed by atoms with Crippen molar-refractivity contribution < 1.29 is 4.74 Å². The fourth-order valence-electron chi connectivity index (χ4n) is 1.94. The minimum Gasteiger partial charge on any atom is -0.373 e. The average Bonchev–Trinajstić information content (AvgIpc) is 3.09. The van der Waals surface area contributed by atoms with Gasteiger partial charge >= 0.3 is 0 Å². The summed E-state index contributed by atoms with van der Waals surface area (Å²) >= 11 is 12.3. The molecule has 2 rings (SSSR count). The molecule has 5 heteroatoms. The van der Waals surface area contributed by atoms with Gasteiger partial charge in [0.15, 0.2) is 5.82 Å². The summed E-state index contributed by atoms with van der Waals surface area (Å²) in [7, 11) is 1.67. The van der Waals surface area contributed by atoms with E-state index in [1.54, 1.807) is 7.11 Å². The lowest BCUT2D eigenvalue weighted by atomic mass is 10.2. The van der Waals surface area contributed by atoms with Crippen LogP contribution in [0, 0.1) is 5.92 Å². The van der Waals surface area contributed by atoms with Crippen molar-refractivity contribution in [1.29, 1.82) is 0 Å². The molecule has 1 aliphatic rings. The zero-order valence-electron chi connectivity index (χ0n) is 10.0. The summed E-state index contributed by atoms with van der Waals surface area (Å²) in [5, 5.41) is 0.925. The van der Waals surface area contributed by atoms with Gasteiger partial charge in [0.05, 0.1) is 0 Å². The second-order valence-corrected chi connectivity index (χ2v) is 5.10. The van der Waals surface area contributed by atoms with Crippen molar-refractivity contribution >= 4 is 23.2 Å². The molecular weight excluding hydrogens is 259 g/mol. The van der Waals surface area contributed by atoms with Gasteiger partial charge in [0.25, 0.3) is 0 Å². The number of nitrogens with zero attached hydrogens (tertiary/aromatic N) is 2. The lowest BCUT2D eigenvalue weighted by molar-refractivity contribution is 0.0772. The third-order valence-corrected chi connectivity index (χ3v) is 3.61. The van der Waals surface area contributed by atoms with Crippen LogP contribution in [0.1, 0.15) is 43.7 Å². The molecule has 0 radical (unpaired) electrons. The number of ether oxygens (including phenoxy) is 1. The molecule has 0 aliphatic heterocycles. The van der Waals surface area contributed by atoms with E-state index in [9.17, 15) is 0 Å². The van der Waals surface area contributed by atoms with Gasteiger partial charge in [-0.1, -0.05) is 36.5 Å². The van der Waals surface area contributed by atoms with Crippen LogP contribution in [-0.2, 0) is 11.2 Å². The van der Waals surface area contributed by atoms with Crippen LogP contribution in [0.4, 0.5) is 0 Å². The SMILES string of the molecule is CCCc1c(Cl)nc(C(OC)C2CC2)nc1Cl. The van der Waals surface area contributed by atoms with E-state index in [2.05, 4.69) is 16.9 Å². The highest BCUT2D eigenvalue weighted by molar-refractivity contribution is 6.34. The van der Waals surface area contributed by atoms with Crippen molar-refractivity contribution in [2.75, 3.05) is 7.11 Å². The van der Waals surface area contributed by atoms with Gasteiger partial charge in [0.1, 0.15) is 16.4 Å². The summed E-state index contributed by atoms with van der Waals surface area (Å²) in [5.41, 5.74) is 0.838. The lowest BCUT2D eigenvalue weighted by Gasteiger charge is -2.14. The molecule has 1 saturated carbocycles. The Morgan fingerprint density at radius 1 is 1.29 bits per heavy atom.